The second-order valence-corrected chi connectivity index (χ2v) is 6.69. The Morgan fingerprint density at radius 3 is 2.48 bits per heavy atom. The van der Waals surface area contributed by atoms with Crippen molar-refractivity contribution in [3.05, 3.63) is 64.4 Å². The predicted octanol–water partition coefficient (Wildman–Crippen LogP) is 5.27. The fraction of sp³-hybridized carbons (Fsp3) is 0.294. The summed E-state index contributed by atoms with van der Waals surface area (Å²) >= 11 is 7.37. The van der Waals surface area contributed by atoms with Gasteiger partial charge >= 0.3 is 0 Å². The highest BCUT2D eigenvalue weighted by Crippen LogP contribution is 2.25. The Balaban J connectivity index is 1.91. The lowest BCUT2D eigenvalue weighted by Crippen LogP contribution is -2.21. The van der Waals surface area contributed by atoms with Crippen molar-refractivity contribution in [3.63, 3.8) is 0 Å². The largest absolute Gasteiger partial charge is 0.310 e. The molecule has 2 rings (SSSR count). The summed E-state index contributed by atoms with van der Waals surface area (Å²) < 4.78 is 13.7. The molecule has 0 spiro atoms. The SMILES string of the molecule is CC(C)NCc1ccc(SCc2ccc(Cl)cc2F)cc1. The van der Waals surface area contributed by atoms with Gasteiger partial charge < -0.3 is 5.32 Å². The zero-order valence-corrected chi connectivity index (χ0v) is 13.8. The first-order chi connectivity index (χ1) is 10.0. The molecule has 0 aliphatic carbocycles. The molecule has 0 saturated heterocycles. The topological polar surface area (TPSA) is 12.0 Å². The van der Waals surface area contributed by atoms with Gasteiger partial charge in [0.15, 0.2) is 0 Å². The molecule has 0 unspecified atom stereocenters. The molecule has 2 aromatic rings. The first-order valence-corrected chi connectivity index (χ1v) is 8.30. The van der Waals surface area contributed by atoms with Crippen molar-refractivity contribution < 1.29 is 4.39 Å². The molecule has 21 heavy (non-hydrogen) atoms. The van der Waals surface area contributed by atoms with Gasteiger partial charge in [0.05, 0.1) is 0 Å². The number of rotatable bonds is 6. The lowest BCUT2D eigenvalue weighted by Gasteiger charge is -2.09. The van der Waals surface area contributed by atoms with Crippen molar-refractivity contribution in [1.29, 1.82) is 0 Å². The summed E-state index contributed by atoms with van der Waals surface area (Å²) in [6, 6.07) is 13.7. The molecule has 0 radical (unpaired) electrons. The van der Waals surface area contributed by atoms with Crippen molar-refractivity contribution >= 4 is 23.4 Å². The van der Waals surface area contributed by atoms with Crippen LogP contribution in [0.2, 0.25) is 5.02 Å². The van der Waals surface area contributed by atoms with E-state index < -0.39 is 0 Å². The van der Waals surface area contributed by atoms with Crippen LogP contribution in [0.25, 0.3) is 0 Å². The molecule has 0 heterocycles. The quantitative estimate of drug-likeness (QED) is 0.727. The van der Waals surface area contributed by atoms with E-state index in [-0.39, 0.29) is 5.82 Å². The van der Waals surface area contributed by atoms with Crippen LogP contribution in [0.1, 0.15) is 25.0 Å². The summed E-state index contributed by atoms with van der Waals surface area (Å²) in [7, 11) is 0. The molecule has 0 bridgehead atoms. The molecule has 0 fully saturated rings. The highest BCUT2D eigenvalue weighted by Gasteiger charge is 2.04. The zero-order chi connectivity index (χ0) is 15.2. The minimum absolute atomic E-state index is 0.243. The summed E-state index contributed by atoms with van der Waals surface area (Å²) in [5.41, 5.74) is 1.93. The first-order valence-electron chi connectivity index (χ1n) is 6.93. The van der Waals surface area contributed by atoms with E-state index in [1.807, 2.05) is 0 Å². The van der Waals surface area contributed by atoms with Gasteiger partial charge in [-0.3, -0.25) is 0 Å². The maximum atomic E-state index is 13.7. The fourth-order valence-corrected chi connectivity index (χ4v) is 2.87. The van der Waals surface area contributed by atoms with Crippen LogP contribution in [-0.2, 0) is 12.3 Å². The van der Waals surface area contributed by atoms with Crippen LogP contribution in [0.4, 0.5) is 4.39 Å². The molecule has 0 aliphatic heterocycles. The summed E-state index contributed by atoms with van der Waals surface area (Å²) in [6.45, 7) is 5.13. The minimum atomic E-state index is -0.243. The monoisotopic (exact) mass is 323 g/mol. The molecule has 4 heteroatoms. The van der Waals surface area contributed by atoms with Crippen LogP contribution in [0, 0.1) is 5.82 Å². The Kier molecular flexibility index (Phi) is 6.09. The van der Waals surface area contributed by atoms with Gasteiger partial charge in [-0.05, 0) is 35.4 Å². The molecule has 0 aliphatic rings. The van der Waals surface area contributed by atoms with Crippen molar-refractivity contribution in [1.82, 2.24) is 5.32 Å². The number of benzene rings is 2. The summed E-state index contributed by atoms with van der Waals surface area (Å²) in [5.74, 6) is 0.361. The summed E-state index contributed by atoms with van der Waals surface area (Å²) in [4.78, 5) is 1.14. The number of halogens is 2. The lowest BCUT2D eigenvalue weighted by molar-refractivity contribution is 0.588. The molecule has 0 atom stereocenters. The standard InChI is InChI=1S/C17H19ClFNS/c1-12(2)20-10-13-3-7-16(8-4-13)21-11-14-5-6-15(18)9-17(14)19/h3-9,12,20H,10-11H2,1-2H3. The Labute approximate surface area is 134 Å². The third kappa shape index (κ3) is 5.34. The van der Waals surface area contributed by atoms with Crippen LogP contribution >= 0.6 is 23.4 Å². The van der Waals surface area contributed by atoms with E-state index in [4.69, 9.17) is 11.6 Å². The van der Waals surface area contributed by atoms with E-state index in [9.17, 15) is 4.39 Å². The third-order valence-corrected chi connectivity index (χ3v) is 4.34. The van der Waals surface area contributed by atoms with Crippen molar-refractivity contribution in [2.24, 2.45) is 0 Å². The van der Waals surface area contributed by atoms with E-state index in [1.54, 1.807) is 23.9 Å². The van der Waals surface area contributed by atoms with Gasteiger partial charge in [-0.15, -0.1) is 11.8 Å². The number of thioether (sulfide) groups is 1. The van der Waals surface area contributed by atoms with Crippen molar-refractivity contribution in [3.8, 4) is 0 Å². The number of hydrogen-bond acceptors (Lipinski definition) is 2. The molecular formula is C17H19ClFNS. The normalized spacial score (nSPS) is 11.1. The smallest absolute Gasteiger partial charge is 0.128 e. The van der Waals surface area contributed by atoms with Crippen molar-refractivity contribution in [2.75, 3.05) is 0 Å². The summed E-state index contributed by atoms with van der Waals surface area (Å²) in [6.07, 6.45) is 0. The van der Waals surface area contributed by atoms with Crippen LogP contribution in [0.3, 0.4) is 0 Å². The molecule has 112 valence electrons. The van der Waals surface area contributed by atoms with E-state index in [1.165, 1.54) is 11.6 Å². The Morgan fingerprint density at radius 2 is 1.86 bits per heavy atom. The summed E-state index contributed by atoms with van der Waals surface area (Å²) in [5, 5.41) is 3.82. The van der Waals surface area contributed by atoms with Crippen molar-refractivity contribution in [2.45, 2.75) is 37.1 Å². The highest BCUT2D eigenvalue weighted by molar-refractivity contribution is 7.98. The van der Waals surface area contributed by atoms with Gasteiger partial charge in [-0.1, -0.05) is 43.6 Å². The van der Waals surface area contributed by atoms with E-state index in [0.717, 1.165) is 11.4 Å². The van der Waals surface area contributed by atoms with Gasteiger partial charge in [0, 0.05) is 28.3 Å². The average molecular weight is 324 g/mol. The minimum Gasteiger partial charge on any atom is -0.310 e. The maximum absolute atomic E-state index is 13.7. The average Bonchev–Trinajstić information content (AvgIpc) is 2.45. The van der Waals surface area contributed by atoms with Gasteiger partial charge in [0.25, 0.3) is 0 Å². The molecular weight excluding hydrogens is 305 g/mol. The van der Waals surface area contributed by atoms with Gasteiger partial charge in [0.1, 0.15) is 5.82 Å². The van der Waals surface area contributed by atoms with E-state index in [0.29, 0.717) is 22.4 Å². The van der Waals surface area contributed by atoms with E-state index in [2.05, 4.69) is 43.4 Å². The molecule has 1 nitrogen and oxygen atoms in total. The molecule has 0 saturated carbocycles. The highest BCUT2D eigenvalue weighted by atomic mass is 35.5. The Hall–Kier alpha value is -1.03. The molecule has 0 amide bonds. The number of nitrogens with one attached hydrogen (secondary N) is 1. The second-order valence-electron chi connectivity index (χ2n) is 5.20. The molecule has 1 N–H and O–H groups in total. The zero-order valence-electron chi connectivity index (χ0n) is 12.2. The van der Waals surface area contributed by atoms with Gasteiger partial charge in [-0.25, -0.2) is 4.39 Å². The van der Waals surface area contributed by atoms with Crippen LogP contribution in [-0.4, -0.2) is 6.04 Å². The second kappa shape index (κ2) is 7.83. The van der Waals surface area contributed by atoms with Crippen LogP contribution in [0.5, 0.6) is 0 Å². The third-order valence-electron chi connectivity index (χ3n) is 3.05. The lowest BCUT2D eigenvalue weighted by atomic mass is 10.2. The Bertz CT molecular complexity index is 584. The predicted molar refractivity (Wildman–Crippen MR) is 89.4 cm³/mol. The van der Waals surface area contributed by atoms with Gasteiger partial charge in [-0.2, -0.15) is 0 Å². The molecule has 0 aromatic heterocycles. The number of hydrogen-bond donors (Lipinski definition) is 1. The van der Waals surface area contributed by atoms with Gasteiger partial charge in [0.2, 0.25) is 0 Å². The Morgan fingerprint density at radius 1 is 1.14 bits per heavy atom. The van der Waals surface area contributed by atoms with Crippen LogP contribution in [0.15, 0.2) is 47.4 Å². The maximum Gasteiger partial charge on any atom is 0.128 e. The fourth-order valence-electron chi connectivity index (χ4n) is 1.83. The molecule has 2 aromatic carbocycles. The van der Waals surface area contributed by atoms with E-state index >= 15 is 0 Å². The van der Waals surface area contributed by atoms with Crippen LogP contribution < -0.4 is 5.32 Å². The first kappa shape index (κ1) is 16.3.